The van der Waals surface area contributed by atoms with Crippen LogP contribution in [0.2, 0.25) is 0 Å². The second-order valence-corrected chi connectivity index (χ2v) is 12.8. The third kappa shape index (κ3) is 6.35. The number of benzene rings is 3. The van der Waals surface area contributed by atoms with Gasteiger partial charge in [0.25, 0.3) is 5.91 Å². The van der Waals surface area contributed by atoms with Gasteiger partial charge in [-0.15, -0.1) is 21.5 Å². The van der Waals surface area contributed by atoms with Crippen LogP contribution in [-0.2, 0) is 5.75 Å². The van der Waals surface area contributed by atoms with E-state index < -0.39 is 0 Å². The maximum absolute atomic E-state index is 13.5. The summed E-state index contributed by atoms with van der Waals surface area (Å²) in [6.45, 7) is 4.96. The van der Waals surface area contributed by atoms with Crippen molar-refractivity contribution in [3.63, 3.8) is 0 Å². The van der Waals surface area contributed by atoms with Gasteiger partial charge in [0, 0.05) is 37.2 Å². The van der Waals surface area contributed by atoms with E-state index in [0.717, 1.165) is 28.9 Å². The van der Waals surface area contributed by atoms with Gasteiger partial charge in [0.05, 0.1) is 18.1 Å². The van der Waals surface area contributed by atoms with Gasteiger partial charge >= 0.3 is 0 Å². The molecule has 6 aromatic rings. The van der Waals surface area contributed by atoms with Crippen LogP contribution in [0.15, 0.2) is 118 Å². The monoisotopic (exact) mass is 632 g/mol. The topological polar surface area (TPSA) is 80.3 Å². The highest BCUT2D eigenvalue weighted by molar-refractivity contribution is 7.98. The molecule has 1 saturated heterocycles. The van der Waals surface area contributed by atoms with Crippen LogP contribution >= 0.6 is 23.1 Å². The molecule has 0 spiro atoms. The van der Waals surface area contributed by atoms with Crippen molar-refractivity contribution in [3.05, 3.63) is 136 Å². The van der Waals surface area contributed by atoms with E-state index in [0.29, 0.717) is 36.1 Å². The summed E-state index contributed by atoms with van der Waals surface area (Å²) in [4.78, 5) is 22.7. The van der Waals surface area contributed by atoms with Crippen LogP contribution in [0.3, 0.4) is 0 Å². The van der Waals surface area contributed by atoms with Gasteiger partial charge in [-0.1, -0.05) is 90.1 Å². The number of furan rings is 1. The van der Waals surface area contributed by atoms with E-state index in [-0.39, 0.29) is 11.9 Å². The second kappa shape index (κ2) is 13.2. The molecule has 0 atom stereocenters. The van der Waals surface area contributed by atoms with Gasteiger partial charge in [0.2, 0.25) is 5.82 Å². The molecule has 4 heterocycles. The molecular formula is C35H32N6O2S2. The molecule has 1 aliphatic heterocycles. The molecule has 3 aromatic heterocycles. The number of rotatable bonds is 9. The fourth-order valence-electron chi connectivity index (χ4n) is 5.69. The second-order valence-electron chi connectivity index (χ2n) is 10.9. The number of thioether (sulfide) groups is 1. The molecule has 10 heteroatoms. The molecule has 1 fully saturated rings. The van der Waals surface area contributed by atoms with Gasteiger partial charge in [0.1, 0.15) is 10.7 Å². The van der Waals surface area contributed by atoms with Gasteiger partial charge < -0.3 is 9.32 Å². The van der Waals surface area contributed by atoms with Crippen LogP contribution in [0.1, 0.15) is 38.2 Å². The summed E-state index contributed by atoms with van der Waals surface area (Å²) in [7, 11) is 0. The van der Waals surface area contributed by atoms with Gasteiger partial charge in [-0.25, -0.2) is 4.98 Å². The third-order valence-corrected chi connectivity index (χ3v) is 9.93. The van der Waals surface area contributed by atoms with Crippen LogP contribution in [0.4, 0.5) is 0 Å². The number of piperazine rings is 1. The Balaban J connectivity index is 1.02. The number of carbonyl (C=O) groups excluding carboxylic acids is 1. The summed E-state index contributed by atoms with van der Waals surface area (Å²) in [5.41, 5.74) is 5.16. The van der Waals surface area contributed by atoms with E-state index in [9.17, 15) is 4.79 Å². The number of amides is 1. The average Bonchev–Trinajstić information content (AvgIpc) is 3.87. The quantitative estimate of drug-likeness (QED) is 0.157. The average molecular weight is 633 g/mol. The molecule has 3 aromatic carbocycles. The van der Waals surface area contributed by atoms with E-state index in [1.165, 1.54) is 28.0 Å². The zero-order chi connectivity index (χ0) is 30.6. The van der Waals surface area contributed by atoms with Crippen molar-refractivity contribution in [2.45, 2.75) is 23.9 Å². The smallest absolute Gasteiger partial charge is 0.273 e. The van der Waals surface area contributed by atoms with Crippen LogP contribution in [0.5, 0.6) is 0 Å². The molecule has 0 bridgehead atoms. The highest BCUT2D eigenvalue weighted by Gasteiger charge is 2.29. The predicted octanol–water partition coefficient (Wildman–Crippen LogP) is 7.13. The minimum absolute atomic E-state index is 0.0129. The summed E-state index contributed by atoms with van der Waals surface area (Å²) in [5.74, 6) is 1.85. The fourth-order valence-corrected chi connectivity index (χ4v) is 7.42. The molecule has 1 aliphatic rings. The molecule has 7 rings (SSSR count). The van der Waals surface area contributed by atoms with Crippen LogP contribution < -0.4 is 0 Å². The molecule has 0 aliphatic carbocycles. The van der Waals surface area contributed by atoms with Crippen LogP contribution in [0, 0.1) is 6.92 Å². The van der Waals surface area contributed by atoms with E-state index in [1.54, 1.807) is 18.0 Å². The maximum Gasteiger partial charge on any atom is 0.273 e. The van der Waals surface area contributed by atoms with Crippen molar-refractivity contribution in [1.29, 1.82) is 0 Å². The molecular weight excluding hydrogens is 601 g/mol. The molecule has 45 heavy (non-hydrogen) atoms. The molecule has 0 N–H and O–H groups in total. The van der Waals surface area contributed by atoms with Crippen molar-refractivity contribution in [2.24, 2.45) is 0 Å². The first kappa shape index (κ1) is 29.2. The largest absolute Gasteiger partial charge is 0.461 e. The summed E-state index contributed by atoms with van der Waals surface area (Å²) in [6, 6.07) is 33.3. The standard InChI is InChI=1S/C35H32N6O2S2/c1-25-14-16-28(17-15-25)41-33(30-13-8-22-43-30)37-38-35(41)45-24-31-36-29(23-44-31)34(42)40-20-18-39(19-21-40)32(26-9-4-2-5-10-26)27-11-6-3-7-12-27/h2-17,22-23,32H,18-21,24H2,1H3. The van der Waals surface area contributed by atoms with Crippen molar-refractivity contribution in [3.8, 4) is 17.3 Å². The molecule has 8 nitrogen and oxygen atoms in total. The van der Waals surface area contributed by atoms with Gasteiger partial charge in [-0.3, -0.25) is 14.3 Å². The lowest BCUT2D eigenvalue weighted by molar-refractivity contribution is 0.0592. The number of hydrogen-bond donors (Lipinski definition) is 0. The van der Waals surface area contributed by atoms with Gasteiger partial charge in [-0.2, -0.15) is 0 Å². The Labute approximate surface area is 270 Å². The first-order valence-electron chi connectivity index (χ1n) is 14.9. The van der Waals surface area contributed by atoms with Gasteiger partial charge in [-0.05, 0) is 42.3 Å². The lowest BCUT2D eigenvalue weighted by Gasteiger charge is -2.39. The van der Waals surface area contributed by atoms with Crippen LogP contribution in [0.25, 0.3) is 17.3 Å². The minimum atomic E-state index is -0.0129. The highest BCUT2D eigenvalue weighted by Crippen LogP contribution is 2.32. The number of thiazole rings is 1. The van der Waals surface area contributed by atoms with E-state index in [2.05, 4.69) is 107 Å². The van der Waals surface area contributed by atoms with Gasteiger partial charge in [0.15, 0.2) is 10.9 Å². The SMILES string of the molecule is Cc1ccc(-n2c(SCc3nc(C(=O)N4CCN(C(c5ccccc5)c5ccccc5)CC4)cs3)nnc2-c2ccco2)cc1. The normalized spacial score (nSPS) is 13.9. The lowest BCUT2D eigenvalue weighted by Crippen LogP contribution is -2.50. The van der Waals surface area contributed by atoms with Crippen molar-refractivity contribution in [2.75, 3.05) is 26.2 Å². The molecule has 0 radical (unpaired) electrons. The summed E-state index contributed by atoms with van der Waals surface area (Å²) in [6.07, 6.45) is 1.63. The Kier molecular flexibility index (Phi) is 8.59. The van der Waals surface area contributed by atoms with E-state index in [1.807, 2.05) is 27.0 Å². The maximum atomic E-state index is 13.5. The Morgan fingerprint density at radius 1 is 0.867 bits per heavy atom. The Bertz CT molecular complexity index is 1810. The molecule has 1 amide bonds. The van der Waals surface area contributed by atoms with E-state index in [4.69, 9.17) is 9.40 Å². The zero-order valence-electron chi connectivity index (χ0n) is 24.8. The summed E-state index contributed by atoms with van der Waals surface area (Å²) < 4.78 is 7.65. The van der Waals surface area contributed by atoms with Crippen molar-refractivity contribution < 1.29 is 9.21 Å². The number of hydrogen-bond acceptors (Lipinski definition) is 8. The Hall–Kier alpha value is -4.51. The predicted molar refractivity (Wildman–Crippen MR) is 178 cm³/mol. The third-order valence-electron chi connectivity index (χ3n) is 7.96. The summed E-state index contributed by atoms with van der Waals surface area (Å²) in [5, 5.41) is 12.4. The first-order chi connectivity index (χ1) is 22.1. The number of aromatic nitrogens is 4. The zero-order valence-corrected chi connectivity index (χ0v) is 26.5. The van der Waals surface area contributed by atoms with Crippen LogP contribution in [-0.4, -0.2) is 61.6 Å². The molecule has 0 saturated carbocycles. The summed E-state index contributed by atoms with van der Waals surface area (Å²) >= 11 is 3.04. The number of nitrogens with zero attached hydrogens (tertiary/aromatic N) is 6. The number of aryl methyl sites for hydroxylation is 1. The van der Waals surface area contributed by atoms with E-state index >= 15 is 0 Å². The van der Waals surface area contributed by atoms with Crippen molar-refractivity contribution >= 4 is 29.0 Å². The Morgan fingerprint density at radius 2 is 1.56 bits per heavy atom. The first-order valence-corrected chi connectivity index (χ1v) is 16.8. The number of carbonyl (C=O) groups is 1. The van der Waals surface area contributed by atoms with Crippen molar-refractivity contribution in [1.82, 2.24) is 29.5 Å². The lowest BCUT2D eigenvalue weighted by atomic mass is 9.96. The minimum Gasteiger partial charge on any atom is -0.461 e. The molecule has 0 unspecified atom stereocenters. The molecule has 226 valence electrons. The Morgan fingerprint density at radius 3 is 2.20 bits per heavy atom. The fraction of sp³-hybridized carbons (Fsp3) is 0.200. The highest BCUT2D eigenvalue weighted by atomic mass is 32.2.